The summed E-state index contributed by atoms with van der Waals surface area (Å²) in [5, 5.41) is 6.05. The molecule has 2 heterocycles. The second kappa shape index (κ2) is 9.52. The summed E-state index contributed by atoms with van der Waals surface area (Å²) in [6, 6.07) is 8.80. The molecule has 1 aliphatic heterocycles. The van der Waals surface area contributed by atoms with Crippen LogP contribution in [-0.2, 0) is 4.74 Å². The Bertz CT molecular complexity index is 871. The monoisotopic (exact) mass is 386 g/mol. The van der Waals surface area contributed by atoms with Crippen molar-refractivity contribution in [3.63, 3.8) is 0 Å². The second-order valence-corrected chi connectivity index (χ2v) is 6.86. The third-order valence-electron chi connectivity index (χ3n) is 4.74. The van der Waals surface area contributed by atoms with Crippen molar-refractivity contribution in [3.8, 4) is 5.75 Å². The molecule has 3 rings (SSSR count). The lowest BCUT2D eigenvalue weighted by molar-refractivity contribution is 0.102. The van der Waals surface area contributed by atoms with E-state index in [1.54, 1.807) is 44.4 Å². The Morgan fingerprint density at radius 2 is 2.18 bits per heavy atom. The van der Waals surface area contributed by atoms with Gasteiger partial charge in [0, 0.05) is 31.3 Å². The minimum Gasteiger partial charge on any atom is -0.491 e. The van der Waals surface area contributed by atoms with E-state index in [-0.39, 0.29) is 11.5 Å². The molecule has 1 unspecified atom stereocenters. The average Bonchev–Trinajstić information content (AvgIpc) is 2.68. The van der Waals surface area contributed by atoms with Crippen LogP contribution in [0.3, 0.4) is 0 Å². The molecular weight excluding hydrogens is 360 g/mol. The second-order valence-electron chi connectivity index (χ2n) is 6.86. The number of rotatable bonds is 7. The topological polar surface area (TPSA) is 89.8 Å². The highest BCUT2D eigenvalue weighted by atomic mass is 16.5. The van der Waals surface area contributed by atoms with Gasteiger partial charge >= 0.3 is 5.63 Å². The Balaban J connectivity index is 1.74. The number of anilines is 1. The fourth-order valence-electron chi connectivity index (χ4n) is 3.30. The summed E-state index contributed by atoms with van der Waals surface area (Å²) in [4.78, 5) is 25.2. The van der Waals surface area contributed by atoms with Gasteiger partial charge in [-0.25, -0.2) is 4.79 Å². The van der Waals surface area contributed by atoms with Crippen molar-refractivity contribution in [3.05, 3.63) is 57.6 Å². The number of hydrogen-bond acceptors (Lipinski definition) is 6. The zero-order valence-electron chi connectivity index (χ0n) is 16.2. The van der Waals surface area contributed by atoms with E-state index < -0.39 is 11.5 Å². The van der Waals surface area contributed by atoms with Gasteiger partial charge in [-0.15, -0.1) is 0 Å². The van der Waals surface area contributed by atoms with E-state index >= 15 is 0 Å². The minimum absolute atomic E-state index is 0.0261. The molecule has 1 atom stereocenters. The highest BCUT2D eigenvalue weighted by molar-refractivity contribution is 6.05. The number of carbonyl (C=O) groups excluding carboxylic acids is 1. The van der Waals surface area contributed by atoms with Crippen LogP contribution in [0.15, 0.2) is 39.5 Å². The molecule has 0 saturated carbocycles. The Morgan fingerprint density at radius 1 is 1.32 bits per heavy atom. The van der Waals surface area contributed by atoms with Crippen molar-refractivity contribution < 1.29 is 18.7 Å². The number of aryl methyl sites for hydroxylation is 1. The number of carbonyl (C=O) groups is 1. The van der Waals surface area contributed by atoms with E-state index in [9.17, 15) is 9.59 Å². The van der Waals surface area contributed by atoms with Gasteiger partial charge in [0.1, 0.15) is 23.7 Å². The number of benzene rings is 1. The Hall–Kier alpha value is -2.64. The molecule has 7 heteroatoms. The molecule has 0 bridgehead atoms. The van der Waals surface area contributed by atoms with Gasteiger partial charge in [-0.2, -0.15) is 0 Å². The molecule has 28 heavy (non-hydrogen) atoms. The van der Waals surface area contributed by atoms with Crippen molar-refractivity contribution in [2.45, 2.75) is 25.7 Å². The van der Waals surface area contributed by atoms with Crippen LogP contribution < -0.4 is 21.0 Å². The fourth-order valence-corrected chi connectivity index (χ4v) is 3.30. The van der Waals surface area contributed by atoms with Crippen LogP contribution in [0.5, 0.6) is 5.75 Å². The molecule has 1 aliphatic rings. The summed E-state index contributed by atoms with van der Waals surface area (Å²) in [6.07, 6.45) is 2.01. The molecule has 0 aliphatic carbocycles. The van der Waals surface area contributed by atoms with Gasteiger partial charge in [-0.3, -0.25) is 4.79 Å². The normalized spacial score (nSPS) is 16.6. The molecule has 1 aromatic carbocycles. The predicted octanol–water partition coefficient (Wildman–Crippen LogP) is 2.69. The van der Waals surface area contributed by atoms with Gasteiger partial charge < -0.3 is 24.5 Å². The molecule has 2 N–H and O–H groups in total. The van der Waals surface area contributed by atoms with Crippen LogP contribution in [-0.4, -0.2) is 39.3 Å². The summed E-state index contributed by atoms with van der Waals surface area (Å²) in [6.45, 7) is 4.40. The predicted molar refractivity (Wildman–Crippen MR) is 106 cm³/mol. The van der Waals surface area contributed by atoms with Crippen LogP contribution in [0.2, 0.25) is 0 Å². The third kappa shape index (κ3) is 4.99. The Kier molecular flexibility index (Phi) is 6.84. The largest absolute Gasteiger partial charge is 0.491 e. The quantitative estimate of drug-likeness (QED) is 0.711. The number of piperidine rings is 1. The Labute approximate surface area is 164 Å². The number of amides is 1. The Morgan fingerprint density at radius 3 is 2.89 bits per heavy atom. The first-order valence-electron chi connectivity index (χ1n) is 9.47. The lowest BCUT2D eigenvalue weighted by atomic mass is 9.95. The van der Waals surface area contributed by atoms with Gasteiger partial charge in [-0.05, 0) is 50.1 Å². The summed E-state index contributed by atoms with van der Waals surface area (Å²) >= 11 is 0. The van der Waals surface area contributed by atoms with E-state index in [4.69, 9.17) is 13.9 Å². The molecular formula is C21H26N2O5. The average molecular weight is 386 g/mol. The number of hydrogen-bond donors (Lipinski definition) is 2. The van der Waals surface area contributed by atoms with Crippen molar-refractivity contribution in [1.82, 2.24) is 5.32 Å². The van der Waals surface area contributed by atoms with Gasteiger partial charge in [0.2, 0.25) is 0 Å². The zero-order valence-corrected chi connectivity index (χ0v) is 16.2. The van der Waals surface area contributed by atoms with Gasteiger partial charge in [0.15, 0.2) is 0 Å². The lowest BCUT2D eigenvalue weighted by Gasteiger charge is -2.22. The number of nitrogens with one attached hydrogen (secondary N) is 2. The SMILES string of the molecule is COCCOc1cccc(NC(=O)c2c(C)cc(C3CCCNC3)oc2=O)c1. The molecule has 150 valence electrons. The van der Waals surface area contributed by atoms with E-state index in [0.29, 0.717) is 36.0 Å². The highest BCUT2D eigenvalue weighted by Crippen LogP contribution is 2.24. The standard InChI is InChI=1S/C21H26N2O5/c1-14-11-18(15-5-4-8-22-13-15)28-21(25)19(14)20(24)23-16-6-3-7-17(12-16)27-10-9-26-2/h3,6-7,11-12,15,22H,4-5,8-10,13H2,1-2H3,(H,23,24). The molecule has 0 radical (unpaired) electrons. The highest BCUT2D eigenvalue weighted by Gasteiger charge is 2.22. The van der Waals surface area contributed by atoms with Crippen molar-refractivity contribution >= 4 is 11.6 Å². The molecule has 1 amide bonds. The van der Waals surface area contributed by atoms with Crippen molar-refractivity contribution in [2.75, 3.05) is 38.7 Å². The summed E-state index contributed by atoms with van der Waals surface area (Å²) in [5.41, 5.74) is 0.574. The van der Waals surface area contributed by atoms with Crippen LogP contribution in [0.1, 0.15) is 40.4 Å². The molecule has 7 nitrogen and oxygen atoms in total. The maximum absolute atomic E-state index is 12.7. The van der Waals surface area contributed by atoms with E-state index in [0.717, 1.165) is 25.9 Å². The van der Waals surface area contributed by atoms with Crippen molar-refractivity contribution in [2.24, 2.45) is 0 Å². The first-order valence-corrected chi connectivity index (χ1v) is 9.47. The van der Waals surface area contributed by atoms with Gasteiger partial charge in [-0.1, -0.05) is 6.07 Å². The maximum atomic E-state index is 12.7. The minimum atomic E-state index is -0.606. The molecule has 2 aromatic rings. The lowest BCUT2D eigenvalue weighted by Crippen LogP contribution is -2.30. The van der Waals surface area contributed by atoms with E-state index in [1.807, 2.05) is 0 Å². The number of methoxy groups -OCH3 is 1. The molecule has 0 spiro atoms. The van der Waals surface area contributed by atoms with Gasteiger partial charge in [0.05, 0.1) is 6.61 Å². The van der Waals surface area contributed by atoms with E-state index in [2.05, 4.69) is 10.6 Å². The van der Waals surface area contributed by atoms with Crippen LogP contribution in [0, 0.1) is 6.92 Å². The first kappa shape index (κ1) is 20.1. The first-order chi connectivity index (χ1) is 13.6. The van der Waals surface area contributed by atoms with E-state index in [1.165, 1.54) is 0 Å². The maximum Gasteiger partial charge on any atom is 0.349 e. The molecule has 1 saturated heterocycles. The third-order valence-corrected chi connectivity index (χ3v) is 4.74. The smallest absolute Gasteiger partial charge is 0.349 e. The van der Waals surface area contributed by atoms with Crippen molar-refractivity contribution in [1.29, 1.82) is 0 Å². The van der Waals surface area contributed by atoms with Crippen LogP contribution in [0.4, 0.5) is 5.69 Å². The zero-order chi connectivity index (χ0) is 19.9. The number of ether oxygens (including phenoxy) is 2. The van der Waals surface area contributed by atoms with Crippen LogP contribution in [0.25, 0.3) is 0 Å². The summed E-state index contributed by atoms with van der Waals surface area (Å²) in [5.74, 6) is 0.922. The summed E-state index contributed by atoms with van der Waals surface area (Å²) in [7, 11) is 1.60. The van der Waals surface area contributed by atoms with Gasteiger partial charge in [0.25, 0.3) is 5.91 Å². The molecule has 1 aromatic heterocycles. The fraction of sp³-hybridized carbons (Fsp3) is 0.429. The summed E-state index contributed by atoms with van der Waals surface area (Å²) < 4.78 is 16.0. The molecule has 1 fully saturated rings. The van der Waals surface area contributed by atoms with Crippen LogP contribution >= 0.6 is 0 Å².